The Bertz CT molecular complexity index is 381. The Kier molecular flexibility index (Phi) is 2.18. The van der Waals surface area contributed by atoms with E-state index in [0.29, 0.717) is 6.61 Å². The molecule has 72 valence electrons. The molecule has 4 heteroatoms. The number of rotatable bonds is 2. The normalized spacial score (nSPS) is 14.7. The number of carbonyl (C=O) groups is 1. The molecule has 0 unspecified atom stereocenters. The van der Waals surface area contributed by atoms with Gasteiger partial charge in [0.25, 0.3) is 0 Å². The molecule has 0 atom stereocenters. The van der Waals surface area contributed by atoms with Gasteiger partial charge >= 0.3 is 5.97 Å². The molecule has 14 heavy (non-hydrogen) atoms. The Labute approximate surface area is 80.8 Å². The van der Waals surface area contributed by atoms with Crippen molar-refractivity contribution in [2.24, 2.45) is 0 Å². The lowest BCUT2D eigenvalue weighted by Crippen LogP contribution is -2.00. The van der Waals surface area contributed by atoms with Gasteiger partial charge in [-0.05, 0) is 18.2 Å². The monoisotopic (exact) mass is 191 g/mol. The summed E-state index contributed by atoms with van der Waals surface area (Å²) in [6.45, 7) is 0.690. The number of ether oxygens (including phenoxy) is 1. The molecule has 0 aliphatic carbocycles. The van der Waals surface area contributed by atoms with Crippen LogP contribution in [0.4, 0.5) is 0 Å². The van der Waals surface area contributed by atoms with Crippen molar-refractivity contribution in [3.63, 3.8) is 0 Å². The van der Waals surface area contributed by atoms with Gasteiger partial charge in [0, 0.05) is 18.2 Å². The summed E-state index contributed by atoms with van der Waals surface area (Å²) in [6.07, 6.45) is 4.38. The minimum Gasteiger partial charge on any atom is -0.493 e. The molecule has 0 fully saturated rings. The number of carboxylic acids is 1. The summed E-state index contributed by atoms with van der Waals surface area (Å²) in [5, 5.41) is 8.63. The van der Waals surface area contributed by atoms with Gasteiger partial charge in [-0.2, -0.15) is 0 Å². The van der Waals surface area contributed by atoms with Gasteiger partial charge in [0.1, 0.15) is 11.5 Å². The standard InChI is InChI=1S/C10H9NO3/c12-10(13)8-4-3-7(6-11-8)9-2-1-5-14-9/h2-4,6H,1,5H2,(H,12,13). The fourth-order valence-corrected chi connectivity index (χ4v) is 1.29. The summed E-state index contributed by atoms with van der Waals surface area (Å²) in [5.41, 5.74) is 0.875. The lowest BCUT2D eigenvalue weighted by Gasteiger charge is -2.02. The van der Waals surface area contributed by atoms with Crippen LogP contribution in [0.15, 0.2) is 24.4 Å². The summed E-state index contributed by atoms with van der Waals surface area (Å²) in [4.78, 5) is 14.3. The van der Waals surface area contributed by atoms with Crippen molar-refractivity contribution in [2.75, 3.05) is 6.61 Å². The van der Waals surface area contributed by atoms with Crippen molar-refractivity contribution in [3.05, 3.63) is 35.7 Å². The smallest absolute Gasteiger partial charge is 0.354 e. The molecule has 2 rings (SSSR count). The Balaban J connectivity index is 2.25. The van der Waals surface area contributed by atoms with Gasteiger partial charge in [0.2, 0.25) is 0 Å². The summed E-state index contributed by atoms with van der Waals surface area (Å²) in [5.74, 6) is -0.229. The Hall–Kier alpha value is -1.84. The van der Waals surface area contributed by atoms with Gasteiger partial charge in [0.15, 0.2) is 0 Å². The first-order valence-electron chi connectivity index (χ1n) is 4.30. The Morgan fingerprint density at radius 3 is 2.86 bits per heavy atom. The highest BCUT2D eigenvalue weighted by molar-refractivity contribution is 5.85. The van der Waals surface area contributed by atoms with E-state index >= 15 is 0 Å². The van der Waals surface area contributed by atoms with Gasteiger partial charge in [-0.15, -0.1) is 0 Å². The second kappa shape index (κ2) is 3.49. The van der Waals surface area contributed by atoms with Crippen molar-refractivity contribution in [3.8, 4) is 0 Å². The first-order valence-corrected chi connectivity index (χ1v) is 4.30. The predicted octanol–water partition coefficient (Wildman–Crippen LogP) is 1.54. The van der Waals surface area contributed by atoms with E-state index in [1.165, 1.54) is 12.3 Å². The highest BCUT2D eigenvalue weighted by Crippen LogP contribution is 2.20. The molecular weight excluding hydrogens is 182 g/mol. The second-order valence-corrected chi connectivity index (χ2v) is 2.94. The van der Waals surface area contributed by atoms with Crippen LogP contribution in [0, 0.1) is 0 Å². The van der Waals surface area contributed by atoms with Crippen LogP contribution in [0.5, 0.6) is 0 Å². The number of hydrogen-bond acceptors (Lipinski definition) is 3. The molecule has 0 aromatic carbocycles. The Morgan fingerprint density at radius 1 is 1.50 bits per heavy atom. The number of aromatic carboxylic acids is 1. The summed E-state index contributed by atoms with van der Waals surface area (Å²) < 4.78 is 5.31. The van der Waals surface area contributed by atoms with Crippen molar-refractivity contribution in [1.29, 1.82) is 0 Å². The van der Waals surface area contributed by atoms with E-state index in [1.54, 1.807) is 6.07 Å². The first kappa shape index (κ1) is 8.74. The minimum absolute atomic E-state index is 0.0485. The lowest BCUT2D eigenvalue weighted by molar-refractivity contribution is 0.0690. The average molecular weight is 191 g/mol. The molecule has 0 saturated carbocycles. The van der Waals surface area contributed by atoms with Crippen molar-refractivity contribution >= 4 is 11.7 Å². The molecule has 0 radical (unpaired) electrons. The summed E-state index contributed by atoms with van der Waals surface area (Å²) >= 11 is 0. The molecule has 1 aromatic rings. The van der Waals surface area contributed by atoms with Gasteiger partial charge in [-0.25, -0.2) is 9.78 Å². The molecule has 0 saturated heterocycles. The highest BCUT2D eigenvalue weighted by Gasteiger charge is 2.10. The van der Waals surface area contributed by atoms with E-state index in [0.717, 1.165) is 17.7 Å². The van der Waals surface area contributed by atoms with Crippen LogP contribution in [0.25, 0.3) is 5.76 Å². The van der Waals surface area contributed by atoms with Crippen LogP contribution in [0.2, 0.25) is 0 Å². The largest absolute Gasteiger partial charge is 0.493 e. The van der Waals surface area contributed by atoms with Crippen LogP contribution >= 0.6 is 0 Å². The maximum Gasteiger partial charge on any atom is 0.354 e. The third-order valence-electron chi connectivity index (χ3n) is 1.97. The maximum absolute atomic E-state index is 10.5. The van der Waals surface area contributed by atoms with Crippen molar-refractivity contribution in [2.45, 2.75) is 6.42 Å². The van der Waals surface area contributed by atoms with Gasteiger partial charge in [0.05, 0.1) is 6.61 Å². The second-order valence-electron chi connectivity index (χ2n) is 2.94. The zero-order valence-corrected chi connectivity index (χ0v) is 7.43. The van der Waals surface area contributed by atoms with Crippen LogP contribution in [-0.2, 0) is 4.74 Å². The highest BCUT2D eigenvalue weighted by atomic mass is 16.5. The van der Waals surface area contributed by atoms with Crippen LogP contribution in [0.3, 0.4) is 0 Å². The molecule has 0 spiro atoms. The molecule has 2 heterocycles. The van der Waals surface area contributed by atoms with E-state index < -0.39 is 5.97 Å². The zero-order chi connectivity index (χ0) is 9.97. The predicted molar refractivity (Wildman–Crippen MR) is 49.7 cm³/mol. The Morgan fingerprint density at radius 2 is 2.36 bits per heavy atom. The SMILES string of the molecule is O=C(O)c1ccc(C2=CCCO2)cn1. The molecule has 0 bridgehead atoms. The van der Waals surface area contributed by atoms with Gasteiger partial charge in [-0.1, -0.05) is 0 Å². The van der Waals surface area contributed by atoms with Crippen LogP contribution in [-0.4, -0.2) is 22.7 Å². The zero-order valence-electron chi connectivity index (χ0n) is 7.43. The van der Waals surface area contributed by atoms with Crippen molar-refractivity contribution < 1.29 is 14.6 Å². The van der Waals surface area contributed by atoms with Gasteiger partial charge < -0.3 is 9.84 Å². The molecule has 1 aliphatic rings. The number of hydrogen-bond donors (Lipinski definition) is 1. The molecule has 4 nitrogen and oxygen atoms in total. The van der Waals surface area contributed by atoms with E-state index in [-0.39, 0.29) is 5.69 Å². The maximum atomic E-state index is 10.5. The fraction of sp³-hybridized carbons (Fsp3) is 0.200. The molecule has 1 aliphatic heterocycles. The molecule has 1 aromatic heterocycles. The van der Waals surface area contributed by atoms with Crippen LogP contribution < -0.4 is 0 Å². The van der Waals surface area contributed by atoms with Crippen LogP contribution in [0.1, 0.15) is 22.5 Å². The molecular formula is C10H9NO3. The van der Waals surface area contributed by atoms with E-state index in [1.807, 2.05) is 6.08 Å². The average Bonchev–Trinajstić information content (AvgIpc) is 2.71. The molecule has 1 N–H and O–H groups in total. The quantitative estimate of drug-likeness (QED) is 0.770. The first-order chi connectivity index (χ1) is 6.77. The number of pyridine rings is 1. The van der Waals surface area contributed by atoms with E-state index in [2.05, 4.69) is 4.98 Å². The topological polar surface area (TPSA) is 59.4 Å². The number of aromatic nitrogens is 1. The summed E-state index contributed by atoms with van der Waals surface area (Å²) in [6, 6.07) is 3.17. The van der Waals surface area contributed by atoms with E-state index in [4.69, 9.17) is 9.84 Å². The third kappa shape index (κ3) is 1.59. The third-order valence-corrected chi connectivity index (χ3v) is 1.97. The minimum atomic E-state index is -1.02. The lowest BCUT2D eigenvalue weighted by atomic mass is 10.2. The fourth-order valence-electron chi connectivity index (χ4n) is 1.29. The van der Waals surface area contributed by atoms with Crippen molar-refractivity contribution in [1.82, 2.24) is 4.98 Å². The van der Waals surface area contributed by atoms with Gasteiger partial charge in [-0.3, -0.25) is 0 Å². The number of carboxylic acid groups (broad SMARTS) is 1. The van der Waals surface area contributed by atoms with E-state index in [9.17, 15) is 4.79 Å². The molecule has 0 amide bonds. The summed E-state index contributed by atoms with van der Waals surface area (Å²) in [7, 11) is 0. The number of nitrogens with zero attached hydrogens (tertiary/aromatic N) is 1.